The monoisotopic (exact) mass is 245 g/mol. The topological polar surface area (TPSA) is 88.2 Å². The van der Waals surface area contributed by atoms with E-state index in [0.29, 0.717) is 16.8 Å². The molecule has 0 aliphatic carbocycles. The Morgan fingerprint density at radius 2 is 1.94 bits per heavy atom. The Balaban J connectivity index is 2.60. The highest BCUT2D eigenvalue weighted by Gasteiger charge is 2.11. The molecule has 2 N–H and O–H groups in total. The van der Waals surface area contributed by atoms with Crippen LogP contribution in [0.4, 0.5) is 0 Å². The fourth-order valence-corrected chi connectivity index (χ4v) is 1.55. The Labute approximate surface area is 103 Å². The van der Waals surface area contributed by atoms with Gasteiger partial charge >= 0.3 is 5.97 Å². The summed E-state index contributed by atoms with van der Waals surface area (Å²) in [5.74, 6) is -1.27. The molecule has 1 aromatic carbocycles. The van der Waals surface area contributed by atoms with Crippen molar-refractivity contribution in [2.45, 2.75) is 0 Å². The molecular weight excluding hydrogens is 234 g/mol. The van der Waals surface area contributed by atoms with Crippen LogP contribution in [0.25, 0.3) is 17.0 Å². The Bertz CT molecular complexity index is 599. The van der Waals surface area contributed by atoms with E-state index in [2.05, 4.69) is 16.9 Å². The van der Waals surface area contributed by atoms with Crippen molar-refractivity contribution in [2.75, 3.05) is 0 Å². The van der Waals surface area contributed by atoms with Crippen molar-refractivity contribution in [3.63, 3.8) is 0 Å². The standard InChI is InChI=1S/C12H11N3O3/c1-7(16)8-3-9(5-10(4-8)12(17)18)11-6-15(2)14-13-11/h3-6,16H,1H2,2H3,(H,17,18). The Hall–Kier alpha value is -2.63. The van der Waals surface area contributed by atoms with Crippen LogP contribution in [0.5, 0.6) is 0 Å². The summed E-state index contributed by atoms with van der Waals surface area (Å²) in [6.07, 6.45) is 1.66. The minimum atomic E-state index is -1.08. The highest BCUT2D eigenvalue weighted by Crippen LogP contribution is 2.23. The van der Waals surface area contributed by atoms with E-state index in [-0.39, 0.29) is 11.3 Å². The quantitative estimate of drug-likeness (QED) is 0.803. The predicted octanol–water partition coefficient (Wildman–Crippen LogP) is 1.71. The molecule has 0 atom stereocenters. The first-order valence-corrected chi connectivity index (χ1v) is 5.10. The van der Waals surface area contributed by atoms with Crippen LogP contribution in [-0.4, -0.2) is 31.2 Å². The average Bonchev–Trinajstić information content (AvgIpc) is 2.75. The second kappa shape index (κ2) is 4.33. The van der Waals surface area contributed by atoms with E-state index >= 15 is 0 Å². The van der Waals surface area contributed by atoms with Gasteiger partial charge < -0.3 is 10.2 Å². The summed E-state index contributed by atoms with van der Waals surface area (Å²) in [6.45, 7) is 3.39. The number of carbonyl (C=O) groups is 1. The smallest absolute Gasteiger partial charge is 0.335 e. The fraction of sp³-hybridized carbons (Fsp3) is 0.0833. The first-order valence-electron chi connectivity index (χ1n) is 5.10. The molecule has 1 aromatic heterocycles. The molecule has 0 amide bonds. The van der Waals surface area contributed by atoms with E-state index in [9.17, 15) is 9.90 Å². The molecule has 18 heavy (non-hydrogen) atoms. The van der Waals surface area contributed by atoms with E-state index in [0.717, 1.165) is 0 Å². The van der Waals surface area contributed by atoms with Crippen LogP contribution in [0.2, 0.25) is 0 Å². The molecule has 1 heterocycles. The number of aromatic carboxylic acids is 1. The van der Waals surface area contributed by atoms with Crippen LogP contribution >= 0.6 is 0 Å². The maximum absolute atomic E-state index is 11.0. The summed E-state index contributed by atoms with van der Waals surface area (Å²) in [4.78, 5) is 11.0. The number of aliphatic hydroxyl groups is 1. The maximum atomic E-state index is 11.0. The molecule has 0 saturated carbocycles. The third kappa shape index (κ3) is 2.22. The number of nitrogens with zero attached hydrogens (tertiary/aromatic N) is 3. The lowest BCUT2D eigenvalue weighted by Gasteiger charge is -2.04. The summed E-state index contributed by atoms with van der Waals surface area (Å²) in [5.41, 5.74) is 1.50. The second-order valence-corrected chi connectivity index (χ2v) is 3.83. The van der Waals surface area contributed by atoms with Gasteiger partial charge in [-0.15, -0.1) is 5.10 Å². The van der Waals surface area contributed by atoms with Crippen LogP contribution < -0.4 is 0 Å². The van der Waals surface area contributed by atoms with Crippen LogP contribution in [-0.2, 0) is 7.05 Å². The molecule has 92 valence electrons. The number of aromatic nitrogens is 3. The van der Waals surface area contributed by atoms with Crippen molar-refractivity contribution in [3.8, 4) is 11.3 Å². The van der Waals surface area contributed by atoms with Crippen molar-refractivity contribution in [1.29, 1.82) is 0 Å². The average molecular weight is 245 g/mol. The zero-order valence-electron chi connectivity index (χ0n) is 9.66. The number of hydrogen-bond acceptors (Lipinski definition) is 4. The third-order valence-corrected chi connectivity index (χ3v) is 2.41. The van der Waals surface area contributed by atoms with Crippen molar-refractivity contribution >= 4 is 11.7 Å². The van der Waals surface area contributed by atoms with Gasteiger partial charge in [0.15, 0.2) is 0 Å². The first kappa shape index (κ1) is 11.8. The normalized spacial score (nSPS) is 10.3. The van der Waals surface area contributed by atoms with E-state index in [1.165, 1.54) is 16.8 Å². The summed E-state index contributed by atoms with van der Waals surface area (Å²) >= 11 is 0. The van der Waals surface area contributed by atoms with Crippen LogP contribution in [0.15, 0.2) is 31.0 Å². The van der Waals surface area contributed by atoms with Crippen molar-refractivity contribution in [3.05, 3.63) is 42.1 Å². The van der Waals surface area contributed by atoms with E-state index in [1.54, 1.807) is 19.3 Å². The lowest BCUT2D eigenvalue weighted by Crippen LogP contribution is -1.98. The van der Waals surface area contributed by atoms with Gasteiger partial charge in [0.05, 0.1) is 11.8 Å². The van der Waals surface area contributed by atoms with Gasteiger partial charge in [0.25, 0.3) is 0 Å². The molecule has 0 radical (unpaired) electrons. The van der Waals surface area contributed by atoms with Crippen molar-refractivity contribution < 1.29 is 15.0 Å². The zero-order chi connectivity index (χ0) is 13.3. The molecule has 2 aromatic rings. The minimum absolute atomic E-state index is 0.0587. The maximum Gasteiger partial charge on any atom is 0.335 e. The highest BCUT2D eigenvalue weighted by molar-refractivity contribution is 5.90. The minimum Gasteiger partial charge on any atom is -0.508 e. The summed E-state index contributed by atoms with van der Waals surface area (Å²) in [6, 6.07) is 4.43. The fourth-order valence-electron chi connectivity index (χ4n) is 1.55. The molecule has 0 saturated heterocycles. The Kier molecular flexibility index (Phi) is 2.85. The lowest BCUT2D eigenvalue weighted by atomic mass is 10.0. The molecule has 0 fully saturated rings. The van der Waals surface area contributed by atoms with Gasteiger partial charge in [0, 0.05) is 18.2 Å². The molecule has 0 unspecified atom stereocenters. The number of carboxylic acids is 1. The number of aryl methyl sites for hydroxylation is 1. The van der Waals surface area contributed by atoms with E-state index < -0.39 is 5.97 Å². The van der Waals surface area contributed by atoms with Crippen LogP contribution in [0, 0.1) is 0 Å². The first-order chi connectivity index (χ1) is 8.47. The number of rotatable bonds is 3. The van der Waals surface area contributed by atoms with Crippen LogP contribution in [0.3, 0.4) is 0 Å². The molecule has 2 rings (SSSR count). The molecule has 0 spiro atoms. The zero-order valence-corrected chi connectivity index (χ0v) is 9.66. The molecule has 0 aliphatic heterocycles. The summed E-state index contributed by atoms with van der Waals surface area (Å²) < 4.78 is 1.51. The van der Waals surface area contributed by atoms with Gasteiger partial charge in [-0.1, -0.05) is 11.8 Å². The largest absolute Gasteiger partial charge is 0.508 e. The Morgan fingerprint density at radius 3 is 2.44 bits per heavy atom. The highest BCUT2D eigenvalue weighted by atomic mass is 16.4. The second-order valence-electron chi connectivity index (χ2n) is 3.83. The SMILES string of the molecule is C=C(O)c1cc(C(=O)O)cc(-c2cn(C)nn2)c1. The van der Waals surface area contributed by atoms with Gasteiger partial charge in [-0.2, -0.15) is 0 Å². The Morgan fingerprint density at radius 1 is 1.28 bits per heavy atom. The van der Waals surface area contributed by atoms with Gasteiger partial charge in [-0.3, -0.25) is 4.68 Å². The molecular formula is C12H11N3O3. The van der Waals surface area contributed by atoms with Crippen molar-refractivity contribution in [1.82, 2.24) is 15.0 Å². The number of aliphatic hydroxyl groups excluding tert-OH is 1. The van der Waals surface area contributed by atoms with E-state index in [4.69, 9.17) is 5.11 Å². The molecule has 6 nitrogen and oxygen atoms in total. The van der Waals surface area contributed by atoms with Gasteiger partial charge in [-0.05, 0) is 18.2 Å². The van der Waals surface area contributed by atoms with Gasteiger partial charge in [0.2, 0.25) is 0 Å². The van der Waals surface area contributed by atoms with E-state index in [1.807, 2.05) is 0 Å². The van der Waals surface area contributed by atoms with Gasteiger partial charge in [0.1, 0.15) is 11.5 Å². The molecule has 6 heteroatoms. The summed E-state index contributed by atoms with van der Waals surface area (Å²) in [7, 11) is 1.71. The predicted molar refractivity (Wildman–Crippen MR) is 65.1 cm³/mol. The van der Waals surface area contributed by atoms with Gasteiger partial charge in [-0.25, -0.2) is 4.79 Å². The number of benzene rings is 1. The van der Waals surface area contributed by atoms with Crippen molar-refractivity contribution in [2.24, 2.45) is 7.05 Å². The number of hydrogen-bond donors (Lipinski definition) is 2. The lowest BCUT2D eigenvalue weighted by molar-refractivity contribution is 0.0697. The molecule has 0 aliphatic rings. The molecule has 0 bridgehead atoms. The number of carboxylic acid groups (broad SMARTS) is 1. The summed E-state index contributed by atoms with van der Waals surface area (Å²) in [5, 5.41) is 26.1. The third-order valence-electron chi connectivity index (χ3n) is 2.41. The van der Waals surface area contributed by atoms with Crippen LogP contribution in [0.1, 0.15) is 15.9 Å².